The molecule has 2 aromatic rings. The van der Waals surface area contributed by atoms with Crippen LogP contribution in [0.2, 0.25) is 5.02 Å². The van der Waals surface area contributed by atoms with E-state index in [2.05, 4.69) is 11.7 Å². The first-order valence-electron chi connectivity index (χ1n) is 5.90. The molecule has 96 valence electrons. The third kappa shape index (κ3) is 4.27. The van der Waals surface area contributed by atoms with Gasteiger partial charge in [0.2, 0.25) is 0 Å². The van der Waals surface area contributed by atoms with E-state index in [-0.39, 0.29) is 0 Å². The van der Waals surface area contributed by atoms with Crippen LogP contribution >= 0.6 is 11.6 Å². The van der Waals surface area contributed by atoms with Crippen molar-refractivity contribution >= 4 is 23.9 Å². The predicted molar refractivity (Wildman–Crippen MR) is 80.4 cm³/mol. The molecule has 0 saturated carbocycles. The monoisotopic (exact) mass is 271 g/mol. The van der Waals surface area contributed by atoms with Crippen molar-refractivity contribution in [3.63, 3.8) is 0 Å². The van der Waals surface area contributed by atoms with Gasteiger partial charge in [-0.05, 0) is 34.9 Å². The molecular weight excluding hydrogens is 258 g/mol. The lowest BCUT2D eigenvalue weighted by Gasteiger charge is -2.01. The summed E-state index contributed by atoms with van der Waals surface area (Å²) in [5.74, 6) is 0. The third-order valence-electron chi connectivity index (χ3n) is 2.56. The van der Waals surface area contributed by atoms with Gasteiger partial charge in [-0.2, -0.15) is 0 Å². The maximum Gasteiger partial charge on any atom is 0.142 e. The van der Waals surface area contributed by atoms with E-state index in [4.69, 9.17) is 16.4 Å². The Morgan fingerprint density at radius 1 is 1.11 bits per heavy atom. The van der Waals surface area contributed by atoms with E-state index in [0.717, 1.165) is 16.7 Å². The fraction of sp³-hybridized carbons (Fsp3) is 0.0625. The number of hydrogen-bond donors (Lipinski definition) is 0. The highest BCUT2D eigenvalue weighted by molar-refractivity contribution is 6.30. The van der Waals surface area contributed by atoms with Crippen LogP contribution in [0.4, 0.5) is 0 Å². The van der Waals surface area contributed by atoms with E-state index in [1.807, 2.05) is 48.5 Å². The van der Waals surface area contributed by atoms with Gasteiger partial charge in [-0.1, -0.05) is 59.7 Å². The summed E-state index contributed by atoms with van der Waals surface area (Å²) in [5.41, 5.74) is 3.08. The second-order valence-corrected chi connectivity index (χ2v) is 4.45. The van der Waals surface area contributed by atoms with Crippen LogP contribution in [-0.4, -0.2) is 6.21 Å². The van der Waals surface area contributed by atoms with Gasteiger partial charge in [0.1, 0.15) is 6.61 Å². The van der Waals surface area contributed by atoms with Crippen molar-refractivity contribution in [3.8, 4) is 0 Å². The molecule has 0 aliphatic rings. The highest BCUT2D eigenvalue weighted by Crippen LogP contribution is 2.09. The summed E-state index contributed by atoms with van der Waals surface area (Å²) in [6.45, 7) is 4.17. The zero-order valence-electron chi connectivity index (χ0n) is 10.4. The van der Waals surface area contributed by atoms with Crippen LogP contribution < -0.4 is 0 Å². The fourth-order valence-corrected chi connectivity index (χ4v) is 1.69. The molecule has 19 heavy (non-hydrogen) atoms. The van der Waals surface area contributed by atoms with Crippen molar-refractivity contribution in [3.05, 3.63) is 76.8 Å². The first-order chi connectivity index (χ1) is 9.28. The molecule has 0 N–H and O–H groups in total. The minimum absolute atomic E-state index is 0.436. The Morgan fingerprint density at radius 3 is 2.63 bits per heavy atom. The van der Waals surface area contributed by atoms with E-state index in [1.54, 1.807) is 12.3 Å². The lowest BCUT2D eigenvalue weighted by molar-refractivity contribution is 0.132. The maximum absolute atomic E-state index is 5.80. The molecule has 0 unspecified atom stereocenters. The summed E-state index contributed by atoms with van der Waals surface area (Å²) in [6.07, 6.45) is 3.47. The van der Waals surface area contributed by atoms with Crippen LogP contribution in [0.3, 0.4) is 0 Å². The van der Waals surface area contributed by atoms with Gasteiger partial charge in [-0.25, -0.2) is 0 Å². The Labute approximate surface area is 118 Å². The topological polar surface area (TPSA) is 21.6 Å². The van der Waals surface area contributed by atoms with Gasteiger partial charge in [0.25, 0.3) is 0 Å². The van der Waals surface area contributed by atoms with Crippen molar-refractivity contribution in [2.24, 2.45) is 5.16 Å². The smallest absolute Gasteiger partial charge is 0.142 e. The average molecular weight is 272 g/mol. The van der Waals surface area contributed by atoms with E-state index in [0.29, 0.717) is 11.6 Å². The van der Waals surface area contributed by atoms with Crippen LogP contribution in [0.1, 0.15) is 16.7 Å². The molecule has 0 amide bonds. The summed E-state index contributed by atoms with van der Waals surface area (Å²) in [6, 6.07) is 15.4. The number of oxime groups is 1. The van der Waals surface area contributed by atoms with Crippen molar-refractivity contribution < 1.29 is 4.84 Å². The average Bonchev–Trinajstić information content (AvgIpc) is 2.46. The van der Waals surface area contributed by atoms with Crippen LogP contribution in [-0.2, 0) is 11.4 Å². The van der Waals surface area contributed by atoms with Gasteiger partial charge in [0.05, 0.1) is 6.21 Å². The van der Waals surface area contributed by atoms with Gasteiger partial charge >= 0.3 is 0 Å². The van der Waals surface area contributed by atoms with E-state index >= 15 is 0 Å². The van der Waals surface area contributed by atoms with Crippen molar-refractivity contribution in [2.75, 3.05) is 0 Å². The lowest BCUT2D eigenvalue weighted by atomic mass is 10.1. The van der Waals surface area contributed by atoms with Gasteiger partial charge in [0, 0.05) is 5.02 Å². The zero-order valence-corrected chi connectivity index (χ0v) is 11.2. The lowest BCUT2D eigenvalue weighted by Crippen LogP contribution is -1.88. The number of hydrogen-bond acceptors (Lipinski definition) is 2. The Kier molecular flexibility index (Phi) is 4.76. The van der Waals surface area contributed by atoms with Gasteiger partial charge in [0.15, 0.2) is 0 Å². The molecule has 2 nitrogen and oxygen atoms in total. The number of halogens is 1. The summed E-state index contributed by atoms with van der Waals surface area (Å²) in [5, 5.41) is 4.64. The Morgan fingerprint density at radius 2 is 1.89 bits per heavy atom. The molecule has 2 aromatic carbocycles. The normalized spacial score (nSPS) is 10.6. The second-order valence-electron chi connectivity index (χ2n) is 4.01. The first kappa shape index (κ1) is 13.4. The second kappa shape index (κ2) is 6.76. The fourth-order valence-electron chi connectivity index (χ4n) is 1.57. The van der Waals surface area contributed by atoms with Gasteiger partial charge in [-0.15, -0.1) is 0 Å². The molecule has 0 aliphatic heterocycles. The molecule has 0 aromatic heterocycles. The van der Waals surface area contributed by atoms with Gasteiger partial charge in [-0.3, -0.25) is 0 Å². The Hall–Kier alpha value is -2.06. The Bertz CT molecular complexity index is 576. The molecule has 2 rings (SSSR count). The van der Waals surface area contributed by atoms with Crippen molar-refractivity contribution in [2.45, 2.75) is 6.61 Å². The van der Waals surface area contributed by atoms with E-state index in [1.165, 1.54) is 0 Å². The summed E-state index contributed by atoms with van der Waals surface area (Å²) in [4.78, 5) is 5.26. The standard InChI is InChI=1S/C16H14ClNO/c1-2-13-4-3-5-15(10-13)12-19-18-11-14-6-8-16(17)9-7-14/h2-11H,1,12H2. The summed E-state index contributed by atoms with van der Waals surface area (Å²) >= 11 is 5.80. The molecule has 0 radical (unpaired) electrons. The van der Waals surface area contributed by atoms with Crippen LogP contribution in [0, 0.1) is 0 Å². The molecule has 0 bridgehead atoms. The number of rotatable bonds is 5. The minimum Gasteiger partial charge on any atom is -0.391 e. The van der Waals surface area contributed by atoms with E-state index < -0.39 is 0 Å². The molecule has 0 atom stereocenters. The van der Waals surface area contributed by atoms with E-state index in [9.17, 15) is 0 Å². The number of nitrogens with zero attached hydrogens (tertiary/aromatic N) is 1. The summed E-state index contributed by atoms with van der Waals surface area (Å²) in [7, 11) is 0. The maximum atomic E-state index is 5.80. The van der Waals surface area contributed by atoms with Crippen LogP contribution in [0.5, 0.6) is 0 Å². The molecule has 0 aliphatic carbocycles. The summed E-state index contributed by atoms with van der Waals surface area (Å²) < 4.78 is 0. The molecule has 0 heterocycles. The largest absolute Gasteiger partial charge is 0.391 e. The first-order valence-corrected chi connectivity index (χ1v) is 6.28. The van der Waals surface area contributed by atoms with Crippen molar-refractivity contribution in [1.82, 2.24) is 0 Å². The SMILES string of the molecule is C=Cc1cccc(CON=Cc2ccc(Cl)cc2)c1. The van der Waals surface area contributed by atoms with Gasteiger partial charge < -0.3 is 4.84 Å². The Balaban J connectivity index is 1.89. The van der Waals surface area contributed by atoms with Crippen LogP contribution in [0.25, 0.3) is 6.08 Å². The third-order valence-corrected chi connectivity index (χ3v) is 2.82. The highest BCUT2D eigenvalue weighted by Gasteiger charge is 1.93. The molecule has 0 spiro atoms. The predicted octanol–water partition coefficient (Wildman–Crippen LogP) is 4.53. The molecule has 3 heteroatoms. The van der Waals surface area contributed by atoms with Crippen LogP contribution in [0.15, 0.2) is 60.3 Å². The quantitative estimate of drug-likeness (QED) is 0.578. The molecule has 0 fully saturated rings. The minimum atomic E-state index is 0.436. The number of benzene rings is 2. The highest BCUT2D eigenvalue weighted by atomic mass is 35.5. The zero-order chi connectivity index (χ0) is 13.5. The molecule has 0 saturated heterocycles. The van der Waals surface area contributed by atoms with Crippen molar-refractivity contribution in [1.29, 1.82) is 0 Å². The molecular formula is C16H14ClNO.